The number of halogens is 1. The van der Waals surface area contributed by atoms with Crippen LogP contribution in [0.1, 0.15) is 46.1 Å². The van der Waals surface area contributed by atoms with Gasteiger partial charge in [0.15, 0.2) is 5.96 Å². The van der Waals surface area contributed by atoms with Gasteiger partial charge in [0.1, 0.15) is 0 Å². The van der Waals surface area contributed by atoms with Gasteiger partial charge in [-0.3, -0.25) is 9.89 Å². The standard InChI is InChI=1S/C23H41N5.HI/c1-6-23(7-2,21-12-10-9-11-13-21)19-26-22(24-8-3)25-18-20(4)28-16-14-27(5)15-17-28;/h9-13,20H,6-8,14-19H2,1-5H3,(H2,24,25,26);1H. The van der Waals surface area contributed by atoms with E-state index in [4.69, 9.17) is 4.99 Å². The SMILES string of the molecule is CCNC(=NCC(CC)(CC)c1ccccc1)NCC(C)N1CCN(C)CC1.I. The number of nitrogens with one attached hydrogen (secondary N) is 2. The fourth-order valence-corrected chi connectivity index (χ4v) is 3.97. The first kappa shape index (κ1) is 26.2. The summed E-state index contributed by atoms with van der Waals surface area (Å²) in [5, 5.41) is 7.02. The molecule has 1 aliphatic heterocycles. The maximum absolute atomic E-state index is 5.00. The van der Waals surface area contributed by atoms with Crippen LogP contribution in [-0.4, -0.2) is 74.7 Å². The first-order valence-corrected chi connectivity index (χ1v) is 11.0. The molecule has 1 heterocycles. The van der Waals surface area contributed by atoms with Gasteiger partial charge in [-0.15, -0.1) is 24.0 Å². The van der Waals surface area contributed by atoms with Crippen molar-refractivity contribution in [2.45, 2.75) is 52.0 Å². The lowest BCUT2D eigenvalue weighted by Gasteiger charge is -2.36. The van der Waals surface area contributed by atoms with Crippen molar-refractivity contribution in [1.82, 2.24) is 20.4 Å². The van der Waals surface area contributed by atoms with Gasteiger partial charge in [0, 0.05) is 50.7 Å². The first-order chi connectivity index (χ1) is 13.5. The maximum atomic E-state index is 5.00. The molecular weight excluding hydrogens is 473 g/mol. The number of rotatable bonds is 9. The zero-order valence-electron chi connectivity index (χ0n) is 19.1. The molecule has 0 aromatic heterocycles. The monoisotopic (exact) mass is 515 g/mol. The van der Waals surface area contributed by atoms with E-state index in [0.29, 0.717) is 6.04 Å². The molecule has 6 heteroatoms. The highest BCUT2D eigenvalue weighted by atomic mass is 127. The van der Waals surface area contributed by atoms with Crippen LogP contribution in [0.25, 0.3) is 0 Å². The second kappa shape index (κ2) is 13.4. The zero-order chi connectivity index (χ0) is 20.4. The van der Waals surface area contributed by atoms with Crippen molar-refractivity contribution in [3.05, 3.63) is 35.9 Å². The predicted octanol–water partition coefficient (Wildman–Crippen LogP) is 3.55. The second-order valence-electron chi connectivity index (χ2n) is 8.12. The Balaban J connectivity index is 0.00000420. The summed E-state index contributed by atoms with van der Waals surface area (Å²) in [6.45, 7) is 16.2. The zero-order valence-corrected chi connectivity index (χ0v) is 21.4. The number of hydrogen-bond donors (Lipinski definition) is 2. The highest BCUT2D eigenvalue weighted by Crippen LogP contribution is 2.31. The van der Waals surface area contributed by atoms with Crippen LogP contribution < -0.4 is 10.6 Å². The van der Waals surface area contributed by atoms with Gasteiger partial charge in [-0.2, -0.15) is 0 Å². The molecular formula is C23H42IN5. The van der Waals surface area contributed by atoms with Crippen molar-refractivity contribution < 1.29 is 0 Å². The number of piperazine rings is 1. The minimum atomic E-state index is 0. The third-order valence-corrected chi connectivity index (χ3v) is 6.35. The van der Waals surface area contributed by atoms with Crippen LogP contribution >= 0.6 is 24.0 Å². The van der Waals surface area contributed by atoms with Gasteiger partial charge >= 0.3 is 0 Å². The van der Waals surface area contributed by atoms with E-state index in [1.807, 2.05) is 0 Å². The van der Waals surface area contributed by atoms with Crippen molar-refractivity contribution >= 4 is 29.9 Å². The van der Waals surface area contributed by atoms with Crippen LogP contribution in [0.2, 0.25) is 0 Å². The molecule has 0 amide bonds. The average Bonchev–Trinajstić information content (AvgIpc) is 2.74. The van der Waals surface area contributed by atoms with Crippen molar-refractivity contribution in [2.24, 2.45) is 4.99 Å². The van der Waals surface area contributed by atoms with Crippen LogP contribution in [-0.2, 0) is 5.41 Å². The molecule has 2 N–H and O–H groups in total. The lowest BCUT2D eigenvalue weighted by atomic mass is 9.76. The summed E-state index contributed by atoms with van der Waals surface area (Å²) in [5.41, 5.74) is 1.50. The summed E-state index contributed by atoms with van der Waals surface area (Å²) in [6, 6.07) is 11.4. The van der Waals surface area contributed by atoms with Crippen molar-refractivity contribution in [2.75, 3.05) is 52.9 Å². The Morgan fingerprint density at radius 1 is 1.03 bits per heavy atom. The van der Waals surface area contributed by atoms with Gasteiger partial charge in [0.2, 0.25) is 0 Å². The van der Waals surface area contributed by atoms with Crippen LogP contribution in [0.15, 0.2) is 35.3 Å². The molecule has 1 atom stereocenters. The summed E-state index contributed by atoms with van der Waals surface area (Å²) in [7, 11) is 2.20. The summed E-state index contributed by atoms with van der Waals surface area (Å²) in [5.74, 6) is 0.936. The topological polar surface area (TPSA) is 42.9 Å². The van der Waals surface area contributed by atoms with E-state index in [1.165, 1.54) is 5.56 Å². The Morgan fingerprint density at radius 3 is 2.21 bits per heavy atom. The Kier molecular flexibility index (Phi) is 12.1. The maximum Gasteiger partial charge on any atom is 0.191 e. The number of likely N-dealkylation sites (N-methyl/N-ethyl adjacent to an activating group) is 1. The van der Waals surface area contributed by atoms with Crippen LogP contribution in [0.3, 0.4) is 0 Å². The summed E-state index contributed by atoms with van der Waals surface area (Å²) in [4.78, 5) is 9.98. The largest absolute Gasteiger partial charge is 0.357 e. The Bertz CT molecular complexity index is 580. The molecule has 0 spiro atoms. The molecule has 166 valence electrons. The number of guanidine groups is 1. The fraction of sp³-hybridized carbons (Fsp3) is 0.696. The Morgan fingerprint density at radius 2 is 1.66 bits per heavy atom. The second-order valence-corrected chi connectivity index (χ2v) is 8.12. The number of nitrogens with zero attached hydrogens (tertiary/aromatic N) is 3. The van der Waals surface area contributed by atoms with E-state index in [1.54, 1.807) is 0 Å². The quantitative estimate of drug-likeness (QED) is 0.300. The third kappa shape index (κ3) is 7.72. The molecule has 0 saturated carbocycles. The van der Waals surface area contributed by atoms with Gasteiger partial charge in [0.25, 0.3) is 0 Å². The van der Waals surface area contributed by atoms with Crippen molar-refractivity contribution in [1.29, 1.82) is 0 Å². The number of benzene rings is 1. The van der Waals surface area contributed by atoms with Crippen LogP contribution in [0.4, 0.5) is 0 Å². The first-order valence-electron chi connectivity index (χ1n) is 11.0. The molecule has 29 heavy (non-hydrogen) atoms. The van der Waals surface area contributed by atoms with E-state index in [0.717, 1.165) is 64.6 Å². The normalized spacial score (nSPS) is 17.5. The molecule has 1 unspecified atom stereocenters. The van der Waals surface area contributed by atoms with E-state index < -0.39 is 0 Å². The smallest absolute Gasteiger partial charge is 0.191 e. The highest BCUT2D eigenvalue weighted by molar-refractivity contribution is 14.0. The molecule has 1 aromatic carbocycles. The minimum absolute atomic E-state index is 0. The highest BCUT2D eigenvalue weighted by Gasteiger charge is 2.28. The summed E-state index contributed by atoms with van der Waals surface area (Å²) < 4.78 is 0. The van der Waals surface area contributed by atoms with Gasteiger partial charge in [-0.05, 0) is 39.3 Å². The molecule has 0 aliphatic carbocycles. The average molecular weight is 516 g/mol. The minimum Gasteiger partial charge on any atom is -0.357 e. The third-order valence-electron chi connectivity index (χ3n) is 6.35. The lowest BCUT2D eigenvalue weighted by Crippen LogP contribution is -2.52. The van der Waals surface area contributed by atoms with Gasteiger partial charge in [-0.25, -0.2) is 0 Å². The fourth-order valence-electron chi connectivity index (χ4n) is 3.97. The molecule has 0 radical (unpaired) electrons. The van der Waals surface area contributed by atoms with E-state index >= 15 is 0 Å². The molecule has 5 nitrogen and oxygen atoms in total. The lowest BCUT2D eigenvalue weighted by molar-refractivity contribution is 0.120. The van der Waals surface area contributed by atoms with E-state index in [2.05, 4.69) is 85.5 Å². The van der Waals surface area contributed by atoms with Gasteiger partial charge in [-0.1, -0.05) is 44.2 Å². The van der Waals surface area contributed by atoms with Crippen molar-refractivity contribution in [3.8, 4) is 0 Å². The van der Waals surface area contributed by atoms with E-state index in [9.17, 15) is 0 Å². The molecule has 2 rings (SSSR count). The van der Waals surface area contributed by atoms with E-state index in [-0.39, 0.29) is 29.4 Å². The van der Waals surface area contributed by atoms with Crippen LogP contribution in [0, 0.1) is 0 Å². The molecule has 0 bridgehead atoms. The Labute approximate surface area is 195 Å². The van der Waals surface area contributed by atoms with Gasteiger partial charge in [0.05, 0.1) is 6.54 Å². The molecule has 1 saturated heterocycles. The molecule has 1 fully saturated rings. The Hall–Kier alpha value is -0.860. The van der Waals surface area contributed by atoms with Gasteiger partial charge < -0.3 is 15.5 Å². The predicted molar refractivity (Wildman–Crippen MR) is 137 cm³/mol. The molecule has 1 aliphatic rings. The summed E-state index contributed by atoms with van der Waals surface area (Å²) >= 11 is 0. The molecule has 1 aromatic rings. The number of aliphatic imine (C=N–C) groups is 1. The van der Waals surface area contributed by atoms with Crippen LogP contribution in [0.5, 0.6) is 0 Å². The summed E-state index contributed by atoms with van der Waals surface area (Å²) in [6.07, 6.45) is 2.18. The number of hydrogen-bond acceptors (Lipinski definition) is 3. The van der Waals surface area contributed by atoms with Crippen molar-refractivity contribution in [3.63, 3.8) is 0 Å².